The van der Waals surface area contributed by atoms with E-state index in [4.69, 9.17) is 9.47 Å². The molecule has 0 fully saturated rings. The summed E-state index contributed by atoms with van der Waals surface area (Å²) in [6, 6.07) is 12.1. The second-order valence-corrected chi connectivity index (χ2v) is 5.21. The number of halogens is 1. The van der Waals surface area contributed by atoms with E-state index in [0.717, 1.165) is 40.1 Å². The van der Waals surface area contributed by atoms with Crippen molar-refractivity contribution < 1.29 is 9.47 Å². The van der Waals surface area contributed by atoms with Crippen LogP contribution in [0.25, 0.3) is 0 Å². The number of hydrogen-bond donors (Lipinski definition) is 0. The lowest BCUT2D eigenvalue weighted by molar-refractivity contribution is 0.403. The van der Waals surface area contributed by atoms with E-state index in [-0.39, 0.29) is 0 Å². The van der Waals surface area contributed by atoms with Gasteiger partial charge in [0.25, 0.3) is 0 Å². The van der Waals surface area contributed by atoms with E-state index in [1.165, 1.54) is 5.56 Å². The van der Waals surface area contributed by atoms with Crippen molar-refractivity contribution in [2.75, 3.05) is 7.11 Å². The van der Waals surface area contributed by atoms with E-state index in [0.29, 0.717) is 0 Å². The van der Waals surface area contributed by atoms with Crippen LogP contribution in [0.2, 0.25) is 0 Å². The monoisotopic (exact) mass is 304 g/mol. The molecule has 1 aliphatic heterocycles. The summed E-state index contributed by atoms with van der Waals surface area (Å²) in [5.41, 5.74) is 2.38. The van der Waals surface area contributed by atoms with E-state index in [1.807, 2.05) is 24.3 Å². The van der Waals surface area contributed by atoms with Crippen LogP contribution < -0.4 is 9.47 Å². The van der Waals surface area contributed by atoms with Gasteiger partial charge in [-0.3, -0.25) is 0 Å². The zero-order chi connectivity index (χ0) is 12.5. The van der Waals surface area contributed by atoms with Crippen molar-refractivity contribution in [3.05, 3.63) is 52.0 Å². The van der Waals surface area contributed by atoms with Gasteiger partial charge in [-0.2, -0.15) is 0 Å². The lowest BCUT2D eigenvalue weighted by Crippen LogP contribution is -1.94. The van der Waals surface area contributed by atoms with Gasteiger partial charge in [0.15, 0.2) is 0 Å². The van der Waals surface area contributed by atoms with Crippen molar-refractivity contribution in [3.63, 3.8) is 0 Å². The summed E-state index contributed by atoms with van der Waals surface area (Å²) in [4.78, 5) is 0. The van der Waals surface area contributed by atoms with Gasteiger partial charge in [0, 0.05) is 10.0 Å². The molecule has 1 aliphatic rings. The predicted octanol–water partition coefficient (Wildman–Crippen LogP) is 4.35. The van der Waals surface area contributed by atoms with Gasteiger partial charge in [0.05, 0.1) is 7.11 Å². The summed E-state index contributed by atoms with van der Waals surface area (Å²) in [7, 11) is 1.70. The third-order valence-corrected chi connectivity index (χ3v) is 3.70. The lowest BCUT2D eigenvalue weighted by Gasteiger charge is -2.11. The largest absolute Gasteiger partial charge is 0.496 e. The highest BCUT2D eigenvalue weighted by Gasteiger charge is 2.17. The minimum absolute atomic E-state index is 0.895. The molecule has 2 aromatic carbocycles. The molecule has 0 aromatic heterocycles. The van der Waals surface area contributed by atoms with Gasteiger partial charge in [0.1, 0.15) is 17.2 Å². The van der Waals surface area contributed by atoms with Gasteiger partial charge in [-0.05, 0) is 42.7 Å². The first kappa shape index (κ1) is 11.6. The average molecular weight is 305 g/mol. The molecule has 0 amide bonds. The summed E-state index contributed by atoms with van der Waals surface area (Å²) in [5, 5.41) is 0. The Labute approximate surface area is 115 Å². The molecular formula is C15H13BrO2. The molecule has 0 atom stereocenters. The quantitative estimate of drug-likeness (QED) is 0.780. The molecule has 1 heterocycles. The molecule has 0 aliphatic carbocycles. The van der Waals surface area contributed by atoms with Crippen LogP contribution in [0.1, 0.15) is 11.1 Å². The summed E-state index contributed by atoms with van der Waals surface area (Å²) < 4.78 is 12.5. The Morgan fingerprint density at radius 2 is 2.00 bits per heavy atom. The summed E-state index contributed by atoms with van der Waals surface area (Å²) in [6.07, 6.45) is 1.91. The van der Waals surface area contributed by atoms with Crippen molar-refractivity contribution in [2.45, 2.75) is 12.8 Å². The van der Waals surface area contributed by atoms with Crippen molar-refractivity contribution >= 4 is 15.9 Å². The molecule has 0 unspecified atom stereocenters. The molecule has 0 saturated heterocycles. The van der Waals surface area contributed by atoms with Crippen molar-refractivity contribution in [3.8, 4) is 17.2 Å². The Kier molecular flexibility index (Phi) is 3.00. The Bertz CT molecular complexity index is 593. The second kappa shape index (κ2) is 4.65. The molecule has 3 rings (SSSR count). The molecule has 0 bridgehead atoms. The molecule has 3 heteroatoms. The maximum absolute atomic E-state index is 6.02. The van der Waals surface area contributed by atoms with E-state index in [9.17, 15) is 0 Å². The average Bonchev–Trinajstić information content (AvgIpc) is 2.56. The number of hydrogen-bond acceptors (Lipinski definition) is 2. The van der Waals surface area contributed by atoms with Gasteiger partial charge in [-0.25, -0.2) is 0 Å². The van der Waals surface area contributed by atoms with E-state index < -0.39 is 0 Å². The second-order valence-electron chi connectivity index (χ2n) is 4.29. The topological polar surface area (TPSA) is 18.5 Å². The van der Waals surface area contributed by atoms with Gasteiger partial charge in [0.2, 0.25) is 0 Å². The van der Waals surface area contributed by atoms with Gasteiger partial charge in [-0.15, -0.1) is 0 Å². The number of ether oxygens (including phenoxy) is 2. The molecule has 92 valence electrons. The van der Waals surface area contributed by atoms with Crippen molar-refractivity contribution in [2.24, 2.45) is 0 Å². The maximum Gasteiger partial charge on any atom is 0.134 e. The van der Waals surface area contributed by atoms with E-state index >= 15 is 0 Å². The molecule has 0 N–H and O–H groups in total. The van der Waals surface area contributed by atoms with Crippen LogP contribution in [0.15, 0.2) is 40.9 Å². The molecule has 0 radical (unpaired) electrons. The van der Waals surface area contributed by atoms with Crippen molar-refractivity contribution in [1.82, 2.24) is 0 Å². The first-order valence-electron chi connectivity index (χ1n) is 5.90. The normalized spacial score (nSPS) is 13.0. The minimum Gasteiger partial charge on any atom is -0.496 e. The predicted molar refractivity (Wildman–Crippen MR) is 74.6 cm³/mol. The summed E-state index contributed by atoms with van der Waals surface area (Å²) >= 11 is 3.48. The maximum atomic E-state index is 6.02. The third kappa shape index (κ3) is 1.99. The number of rotatable bonds is 1. The van der Waals surface area contributed by atoms with Crippen LogP contribution in [0.4, 0.5) is 0 Å². The highest BCUT2D eigenvalue weighted by Crippen LogP contribution is 2.38. The summed E-state index contributed by atoms with van der Waals surface area (Å²) in [6.45, 7) is 0. The molecular weight excluding hydrogens is 292 g/mol. The van der Waals surface area contributed by atoms with Gasteiger partial charge < -0.3 is 9.47 Å². The molecule has 2 aromatic rings. The number of aryl methyl sites for hydroxylation is 1. The van der Waals surface area contributed by atoms with Crippen LogP contribution in [0, 0.1) is 0 Å². The highest BCUT2D eigenvalue weighted by atomic mass is 79.9. The molecule has 0 spiro atoms. The fourth-order valence-corrected chi connectivity index (χ4v) is 2.63. The first-order valence-corrected chi connectivity index (χ1v) is 6.69. The SMILES string of the molecule is COc1cccc2c1CCc1ccc(Br)cc1O2. The molecule has 18 heavy (non-hydrogen) atoms. The number of methoxy groups -OCH3 is 1. The van der Waals surface area contributed by atoms with E-state index in [2.05, 4.69) is 28.1 Å². The van der Waals surface area contributed by atoms with Crippen LogP contribution in [-0.4, -0.2) is 7.11 Å². The Hall–Kier alpha value is -1.48. The van der Waals surface area contributed by atoms with Crippen LogP contribution in [0.5, 0.6) is 17.2 Å². The minimum atomic E-state index is 0.895. The fraction of sp³-hybridized carbons (Fsp3) is 0.200. The highest BCUT2D eigenvalue weighted by molar-refractivity contribution is 9.10. The van der Waals surface area contributed by atoms with Crippen LogP contribution >= 0.6 is 15.9 Å². The van der Waals surface area contributed by atoms with Crippen LogP contribution in [-0.2, 0) is 12.8 Å². The number of fused-ring (bicyclic) bond motifs is 2. The van der Waals surface area contributed by atoms with Crippen molar-refractivity contribution in [1.29, 1.82) is 0 Å². The zero-order valence-corrected chi connectivity index (χ0v) is 11.7. The Balaban J connectivity index is 2.09. The molecule has 0 saturated carbocycles. The summed E-state index contributed by atoms with van der Waals surface area (Å²) in [5.74, 6) is 2.72. The number of benzene rings is 2. The third-order valence-electron chi connectivity index (χ3n) is 3.20. The first-order chi connectivity index (χ1) is 8.78. The molecule has 2 nitrogen and oxygen atoms in total. The lowest BCUT2D eigenvalue weighted by atomic mass is 10.0. The Morgan fingerprint density at radius 1 is 1.11 bits per heavy atom. The van der Waals surface area contributed by atoms with Gasteiger partial charge in [-0.1, -0.05) is 28.1 Å². The van der Waals surface area contributed by atoms with Gasteiger partial charge >= 0.3 is 0 Å². The van der Waals surface area contributed by atoms with E-state index in [1.54, 1.807) is 7.11 Å². The zero-order valence-electron chi connectivity index (χ0n) is 10.1. The fourth-order valence-electron chi connectivity index (χ4n) is 2.29. The smallest absolute Gasteiger partial charge is 0.134 e. The Morgan fingerprint density at radius 3 is 2.83 bits per heavy atom. The standard InChI is InChI=1S/C15H13BrO2/c1-17-13-3-2-4-14-12(13)8-6-10-5-7-11(16)9-15(10)18-14/h2-5,7,9H,6,8H2,1H3. The van der Waals surface area contributed by atoms with Crippen LogP contribution in [0.3, 0.4) is 0 Å².